The maximum atomic E-state index is 14.4. The summed E-state index contributed by atoms with van der Waals surface area (Å²) in [7, 11) is 1.51. The van der Waals surface area contributed by atoms with Crippen molar-refractivity contribution in [2.75, 3.05) is 13.7 Å². The SMILES string of the molecule is CO[C@H]1[C@@H](S)O[C@@H]2COC(c3ccccc3)O[C@@H]2C1(c1ccc(Cl)c(Cl)c1)n1cc(-c2cc(F)c(Cl)c(F)c2)nn1. The van der Waals surface area contributed by atoms with Crippen LogP contribution in [-0.4, -0.2) is 52.5 Å². The predicted molar refractivity (Wildman–Crippen MR) is 152 cm³/mol. The number of halogens is 5. The molecule has 2 fully saturated rings. The molecule has 13 heteroatoms. The van der Waals surface area contributed by atoms with Gasteiger partial charge in [-0.1, -0.05) is 76.4 Å². The van der Waals surface area contributed by atoms with E-state index in [2.05, 4.69) is 10.3 Å². The molecule has 2 aliphatic heterocycles. The Labute approximate surface area is 254 Å². The molecule has 0 amide bonds. The van der Waals surface area contributed by atoms with Crippen molar-refractivity contribution in [2.45, 2.75) is 35.6 Å². The Morgan fingerprint density at radius 2 is 1.73 bits per heavy atom. The van der Waals surface area contributed by atoms with E-state index in [0.29, 0.717) is 10.6 Å². The number of rotatable bonds is 5. The van der Waals surface area contributed by atoms with Gasteiger partial charge in [0.1, 0.15) is 51.6 Å². The summed E-state index contributed by atoms with van der Waals surface area (Å²) in [6.45, 7) is 0.163. The first-order chi connectivity index (χ1) is 19.7. The fourth-order valence-electron chi connectivity index (χ4n) is 5.49. The number of thiol groups is 1. The summed E-state index contributed by atoms with van der Waals surface area (Å²) in [5, 5.41) is 8.72. The number of hydrogen-bond acceptors (Lipinski definition) is 7. The van der Waals surface area contributed by atoms with Crippen LogP contribution in [-0.2, 0) is 24.5 Å². The third kappa shape index (κ3) is 4.94. The second kappa shape index (κ2) is 11.4. The molecule has 41 heavy (non-hydrogen) atoms. The fourth-order valence-corrected chi connectivity index (χ4v) is 6.40. The molecular weight excluding hydrogens is 619 g/mol. The van der Waals surface area contributed by atoms with Crippen molar-refractivity contribution < 1.29 is 27.7 Å². The van der Waals surface area contributed by atoms with E-state index in [1.807, 2.05) is 30.3 Å². The number of fused-ring (bicyclic) bond motifs is 1. The molecule has 214 valence electrons. The highest BCUT2D eigenvalue weighted by molar-refractivity contribution is 7.80. The smallest absolute Gasteiger partial charge is 0.184 e. The summed E-state index contributed by atoms with van der Waals surface area (Å²) in [5.74, 6) is -1.85. The number of hydrogen-bond donors (Lipinski definition) is 1. The standard InChI is InChI=1S/C28H22Cl3F2N3O4S/c1-37-25-27(41)39-22-13-38-26(14-5-3-2-4-6-14)40-24(22)28(25,16-7-8-17(29)18(30)11-16)36-12-21(34-35-36)15-9-19(32)23(31)20(33)10-15/h2-12,22,24-27,41H,13H2,1H3/t22-,24+,25+,26?,27-,28?/m1/s1. The molecule has 7 nitrogen and oxygen atoms in total. The summed E-state index contributed by atoms with van der Waals surface area (Å²) in [6.07, 6.45) is -1.45. The fraction of sp³-hybridized carbons (Fsp3) is 0.286. The molecule has 0 N–H and O–H groups in total. The van der Waals surface area contributed by atoms with Crippen LogP contribution in [0.5, 0.6) is 0 Å². The van der Waals surface area contributed by atoms with Crippen molar-refractivity contribution in [1.82, 2.24) is 15.0 Å². The minimum Gasteiger partial charge on any atom is -0.375 e. The molecule has 0 bridgehead atoms. The topological polar surface area (TPSA) is 67.6 Å². The van der Waals surface area contributed by atoms with Crippen LogP contribution in [0.4, 0.5) is 8.78 Å². The molecule has 2 aliphatic rings. The maximum Gasteiger partial charge on any atom is 0.184 e. The van der Waals surface area contributed by atoms with Crippen molar-refractivity contribution in [2.24, 2.45) is 0 Å². The third-order valence-corrected chi connectivity index (χ3v) is 8.81. The van der Waals surface area contributed by atoms with Gasteiger partial charge in [0.05, 0.1) is 22.8 Å². The van der Waals surface area contributed by atoms with E-state index >= 15 is 0 Å². The number of ether oxygens (including phenoxy) is 4. The summed E-state index contributed by atoms with van der Waals surface area (Å²) in [4.78, 5) is 0. The molecule has 0 radical (unpaired) electrons. The van der Waals surface area contributed by atoms with E-state index in [9.17, 15) is 8.78 Å². The lowest BCUT2D eigenvalue weighted by molar-refractivity contribution is -0.323. The van der Waals surface area contributed by atoms with Crippen LogP contribution in [0.1, 0.15) is 17.4 Å². The lowest BCUT2D eigenvalue weighted by Gasteiger charge is -2.55. The Morgan fingerprint density at radius 1 is 1.00 bits per heavy atom. The van der Waals surface area contributed by atoms with Gasteiger partial charge in [0.2, 0.25) is 0 Å². The minimum absolute atomic E-state index is 0.134. The van der Waals surface area contributed by atoms with E-state index in [1.54, 1.807) is 24.4 Å². The van der Waals surface area contributed by atoms with Gasteiger partial charge in [-0.05, 0) is 29.8 Å². The first-order valence-corrected chi connectivity index (χ1v) is 14.1. The number of nitrogens with zero attached hydrogens (tertiary/aromatic N) is 3. The van der Waals surface area contributed by atoms with Gasteiger partial charge in [-0.2, -0.15) is 0 Å². The van der Waals surface area contributed by atoms with Gasteiger partial charge in [-0.15, -0.1) is 17.7 Å². The van der Waals surface area contributed by atoms with E-state index in [4.69, 9.17) is 66.4 Å². The molecule has 0 aliphatic carbocycles. The number of benzene rings is 3. The third-order valence-electron chi connectivity index (χ3n) is 7.32. The lowest BCUT2D eigenvalue weighted by Crippen LogP contribution is -2.69. The summed E-state index contributed by atoms with van der Waals surface area (Å²) in [6, 6.07) is 16.7. The number of methoxy groups -OCH3 is 1. The molecular formula is C28H22Cl3F2N3O4S. The molecule has 0 saturated carbocycles. The average molecular weight is 641 g/mol. The summed E-state index contributed by atoms with van der Waals surface area (Å²) < 4.78 is 55.2. The Bertz CT molecular complexity index is 1560. The summed E-state index contributed by atoms with van der Waals surface area (Å²) >= 11 is 23.3. The minimum atomic E-state index is -1.32. The molecule has 2 unspecified atom stereocenters. The van der Waals surface area contributed by atoms with Gasteiger partial charge in [-0.25, -0.2) is 13.5 Å². The van der Waals surface area contributed by atoms with E-state index < -0.39 is 52.2 Å². The van der Waals surface area contributed by atoms with Crippen LogP contribution in [0.15, 0.2) is 66.9 Å². The van der Waals surface area contributed by atoms with Crippen LogP contribution < -0.4 is 0 Å². The highest BCUT2D eigenvalue weighted by Gasteiger charge is 2.62. The van der Waals surface area contributed by atoms with Crippen molar-refractivity contribution in [3.63, 3.8) is 0 Å². The molecule has 1 aromatic heterocycles. The molecule has 3 aromatic carbocycles. The molecule has 4 aromatic rings. The van der Waals surface area contributed by atoms with Crippen molar-refractivity contribution in [3.05, 3.63) is 105 Å². The zero-order chi connectivity index (χ0) is 28.9. The van der Waals surface area contributed by atoms with Gasteiger partial charge in [0, 0.05) is 18.2 Å². The van der Waals surface area contributed by atoms with Crippen molar-refractivity contribution in [1.29, 1.82) is 0 Å². The quantitative estimate of drug-likeness (QED) is 0.193. The Balaban J connectivity index is 1.57. The molecule has 6 atom stereocenters. The van der Waals surface area contributed by atoms with Crippen molar-refractivity contribution >= 4 is 47.4 Å². The zero-order valence-electron chi connectivity index (χ0n) is 21.3. The van der Waals surface area contributed by atoms with E-state index in [0.717, 1.165) is 17.7 Å². The first-order valence-electron chi connectivity index (χ1n) is 12.5. The largest absolute Gasteiger partial charge is 0.375 e. The van der Waals surface area contributed by atoms with Gasteiger partial charge in [0.15, 0.2) is 6.29 Å². The predicted octanol–water partition coefficient (Wildman–Crippen LogP) is 6.71. The van der Waals surface area contributed by atoms with Crippen LogP contribution in [0.25, 0.3) is 11.3 Å². The van der Waals surface area contributed by atoms with Gasteiger partial charge >= 0.3 is 0 Å². The Morgan fingerprint density at radius 3 is 2.41 bits per heavy atom. The average Bonchev–Trinajstić information content (AvgIpc) is 3.47. The van der Waals surface area contributed by atoms with Crippen LogP contribution in [0.3, 0.4) is 0 Å². The monoisotopic (exact) mass is 639 g/mol. The van der Waals surface area contributed by atoms with Crippen LogP contribution in [0.2, 0.25) is 15.1 Å². The van der Waals surface area contributed by atoms with Crippen molar-refractivity contribution in [3.8, 4) is 11.3 Å². The maximum absolute atomic E-state index is 14.4. The molecule has 2 saturated heterocycles. The molecule has 0 spiro atoms. The molecule has 6 rings (SSSR count). The highest BCUT2D eigenvalue weighted by atomic mass is 35.5. The zero-order valence-corrected chi connectivity index (χ0v) is 24.4. The number of aromatic nitrogens is 3. The van der Waals surface area contributed by atoms with Crippen LogP contribution in [0, 0.1) is 11.6 Å². The van der Waals surface area contributed by atoms with Gasteiger partial charge in [-0.3, -0.25) is 0 Å². The Kier molecular flexibility index (Phi) is 8.03. The van der Waals surface area contributed by atoms with Gasteiger partial charge < -0.3 is 18.9 Å². The lowest BCUT2D eigenvalue weighted by atomic mass is 9.75. The first kappa shape index (κ1) is 28.8. The Hall–Kier alpha value is -2.28. The van der Waals surface area contributed by atoms with Crippen LogP contribution >= 0.6 is 47.4 Å². The van der Waals surface area contributed by atoms with Gasteiger partial charge in [0.25, 0.3) is 0 Å². The second-order valence-electron chi connectivity index (χ2n) is 9.61. The van der Waals surface area contributed by atoms with E-state index in [-0.39, 0.29) is 22.9 Å². The summed E-state index contributed by atoms with van der Waals surface area (Å²) in [5.41, 5.74) is -0.385. The highest BCUT2D eigenvalue weighted by Crippen LogP contribution is 2.49. The second-order valence-corrected chi connectivity index (χ2v) is 11.3. The molecule has 3 heterocycles. The normalized spacial score (nSPS) is 27.9. The van der Waals surface area contributed by atoms with E-state index in [1.165, 1.54) is 11.8 Å².